The van der Waals surface area contributed by atoms with Crippen molar-refractivity contribution in [3.05, 3.63) is 34.9 Å². The van der Waals surface area contributed by atoms with Crippen molar-refractivity contribution in [3.8, 4) is 11.8 Å². The molecule has 1 aromatic carbocycles. The standard InChI is InChI=1S/C21H25ClFN7O2/c1-3-8-30-20(32-15-6-7-17(23)16(22)9-15)25-19(28-30)24-18-13-4-5-14(18)11-29(10-13)21-27-26-12(2)31-21/h6-7,9,13-14,18H,3-5,8,10-11H2,1-2H3,(H,24,28)/t13-,14+,18+. The molecular weight excluding hydrogens is 437 g/mol. The number of hydrogen-bond acceptors (Lipinski definition) is 8. The molecule has 3 atom stereocenters. The van der Waals surface area contributed by atoms with Gasteiger partial charge in [0.2, 0.25) is 11.8 Å². The molecule has 9 nitrogen and oxygen atoms in total. The quantitative estimate of drug-likeness (QED) is 0.556. The number of benzene rings is 1. The number of halogens is 2. The summed E-state index contributed by atoms with van der Waals surface area (Å²) in [5.74, 6) is 1.89. The van der Waals surface area contributed by atoms with Crippen LogP contribution in [0.15, 0.2) is 22.6 Å². The van der Waals surface area contributed by atoms with Gasteiger partial charge in [0.15, 0.2) is 0 Å². The lowest BCUT2D eigenvalue weighted by Crippen LogP contribution is -2.48. The van der Waals surface area contributed by atoms with Gasteiger partial charge in [-0.25, -0.2) is 9.07 Å². The second-order valence-corrected chi connectivity index (χ2v) is 8.80. The van der Waals surface area contributed by atoms with Gasteiger partial charge in [0.25, 0.3) is 0 Å². The summed E-state index contributed by atoms with van der Waals surface area (Å²) in [4.78, 5) is 6.75. The zero-order chi connectivity index (χ0) is 22.2. The number of ether oxygens (including phenoxy) is 1. The molecule has 0 unspecified atom stereocenters. The van der Waals surface area contributed by atoms with Crippen LogP contribution >= 0.6 is 11.6 Å². The molecule has 3 heterocycles. The predicted octanol–water partition coefficient (Wildman–Crippen LogP) is 4.29. The lowest BCUT2D eigenvalue weighted by molar-refractivity contribution is 0.357. The van der Waals surface area contributed by atoms with E-state index in [-0.39, 0.29) is 11.1 Å². The Balaban J connectivity index is 1.31. The fraction of sp³-hybridized carbons (Fsp3) is 0.524. The maximum atomic E-state index is 13.5. The first-order valence-electron chi connectivity index (χ1n) is 10.9. The normalized spacial score (nSPS) is 22.4. The van der Waals surface area contributed by atoms with Gasteiger partial charge in [0, 0.05) is 38.7 Å². The van der Waals surface area contributed by atoms with E-state index < -0.39 is 5.82 Å². The number of hydrogen-bond donors (Lipinski definition) is 1. The molecule has 1 aliphatic carbocycles. The van der Waals surface area contributed by atoms with Crippen molar-refractivity contribution in [2.75, 3.05) is 23.3 Å². The Morgan fingerprint density at radius 3 is 2.69 bits per heavy atom. The number of piperidine rings is 1. The van der Waals surface area contributed by atoms with E-state index in [1.54, 1.807) is 11.6 Å². The maximum absolute atomic E-state index is 13.5. The van der Waals surface area contributed by atoms with Crippen LogP contribution in [0.25, 0.3) is 0 Å². The zero-order valence-electron chi connectivity index (χ0n) is 18.0. The van der Waals surface area contributed by atoms with Crippen LogP contribution in [0.5, 0.6) is 11.8 Å². The van der Waals surface area contributed by atoms with E-state index in [4.69, 9.17) is 20.8 Å². The number of nitrogens with zero attached hydrogens (tertiary/aromatic N) is 6. The number of fused-ring (bicyclic) bond motifs is 2. The SMILES string of the molecule is CCCn1nc(N[C@H]2[C@@H]3CC[C@H]2CN(c2nnc(C)o2)C3)nc1Oc1ccc(F)c(Cl)c1. The van der Waals surface area contributed by atoms with E-state index in [0.29, 0.717) is 48.0 Å². The van der Waals surface area contributed by atoms with Crippen LogP contribution in [0.4, 0.5) is 16.4 Å². The minimum atomic E-state index is -0.492. The van der Waals surface area contributed by atoms with Gasteiger partial charge in [-0.3, -0.25) is 0 Å². The molecule has 170 valence electrons. The van der Waals surface area contributed by atoms with Crippen LogP contribution in [0, 0.1) is 24.6 Å². The second-order valence-electron chi connectivity index (χ2n) is 8.40. The first kappa shape index (κ1) is 21.0. The zero-order valence-corrected chi connectivity index (χ0v) is 18.7. The van der Waals surface area contributed by atoms with Crippen LogP contribution in [0.2, 0.25) is 5.02 Å². The Hall–Kier alpha value is -2.88. The van der Waals surface area contributed by atoms with Crippen LogP contribution in [0.1, 0.15) is 32.1 Å². The largest absolute Gasteiger partial charge is 0.424 e. The predicted molar refractivity (Wildman–Crippen MR) is 117 cm³/mol. The van der Waals surface area contributed by atoms with Crippen LogP contribution in [0.3, 0.4) is 0 Å². The molecule has 1 saturated carbocycles. The van der Waals surface area contributed by atoms with Crippen molar-refractivity contribution in [2.45, 2.75) is 45.7 Å². The third kappa shape index (κ3) is 4.11. The highest BCUT2D eigenvalue weighted by Gasteiger charge is 2.43. The number of rotatable bonds is 7. The third-order valence-corrected chi connectivity index (χ3v) is 6.38. The highest BCUT2D eigenvalue weighted by Crippen LogP contribution is 2.40. The average molecular weight is 462 g/mol. The Kier molecular flexibility index (Phi) is 5.62. The smallest absolute Gasteiger partial charge is 0.322 e. The highest BCUT2D eigenvalue weighted by atomic mass is 35.5. The van der Waals surface area contributed by atoms with Gasteiger partial charge in [0.1, 0.15) is 11.6 Å². The molecule has 2 aromatic heterocycles. The summed E-state index contributed by atoms with van der Waals surface area (Å²) < 4.78 is 26.7. The van der Waals surface area contributed by atoms with Gasteiger partial charge in [-0.2, -0.15) is 4.98 Å². The van der Waals surface area contributed by atoms with Crippen molar-refractivity contribution >= 4 is 23.6 Å². The van der Waals surface area contributed by atoms with Gasteiger partial charge < -0.3 is 19.4 Å². The number of anilines is 2. The number of aryl methyl sites for hydroxylation is 2. The number of aromatic nitrogens is 5. The van der Waals surface area contributed by atoms with E-state index in [1.165, 1.54) is 18.2 Å². The summed E-state index contributed by atoms with van der Waals surface area (Å²) in [6, 6.07) is 5.44. The fourth-order valence-electron chi connectivity index (χ4n) is 4.65. The summed E-state index contributed by atoms with van der Waals surface area (Å²) in [6.45, 7) is 6.21. The summed E-state index contributed by atoms with van der Waals surface area (Å²) in [5.41, 5.74) is 0. The minimum absolute atomic E-state index is 0.00202. The van der Waals surface area contributed by atoms with E-state index in [9.17, 15) is 4.39 Å². The van der Waals surface area contributed by atoms with Crippen molar-refractivity contribution < 1.29 is 13.5 Å². The Morgan fingerprint density at radius 2 is 2.03 bits per heavy atom. The molecular formula is C21H25ClFN7O2. The number of nitrogens with one attached hydrogen (secondary N) is 1. The van der Waals surface area contributed by atoms with Crippen molar-refractivity contribution in [1.82, 2.24) is 25.0 Å². The molecule has 2 fully saturated rings. The van der Waals surface area contributed by atoms with Crippen molar-refractivity contribution in [3.63, 3.8) is 0 Å². The van der Waals surface area contributed by atoms with E-state index in [0.717, 1.165) is 32.4 Å². The molecule has 1 saturated heterocycles. The van der Waals surface area contributed by atoms with Crippen LogP contribution in [-0.4, -0.2) is 44.1 Å². The molecule has 32 heavy (non-hydrogen) atoms. The molecule has 5 rings (SSSR count). The lowest BCUT2D eigenvalue weighted by atomic mass is 9.92. The van der Waals surface area contributed by atoms with Crippen LogP contribution < -0.4 is 15.0 Å². The van der Waals surface area contributed by atoms with Gasteiger partial charge >= 0.3 is 12.0 Å². The Morgan fingerprint density at radius 1 is 1.25 bits per heavy atom. The third-order valence-electron chi connectivity index (χ3n) is 6.09. The maximum Gasteiger partial charge on any atom is 0.322 e. The van der Waals surface area contributed by atoms with Gasteiger partial charge in [0.05, 0.1) is 5.02 Å². The minimum Gasteiger partial charge on any atom is -0.424 e. The molecule has 1 aliphatic heterocycles. The van der Waals surface area contributed by atoms with E-state index in [1.807, 2.05) is 0 Å². The lowest BCUT2D eigenvalue weighted by Gasteiger charge is -2.37. The molecule has 1 N–H and O–H groups in total. The van der Waals surface area contributed by atoms with Gasteiger partial charge in [-0.05, 0) is 43.2 Å². The molecule has 0 spiro atoms. The Labute approximate surface area is 189 Å². The van der Waals surface area contributed by atoms with Gasteiger partial charge in [-0.15, -0.1) is 10.2 Å². The Bertz CT molecular complexity index is 1090. The monoisotopic (exact) mass is 461 g/mol. The molecule has 2 bridgehead atoms. The van der Waals surface area contributed by atoms with Crippen molar-refractivity contribution in [2.24, 2.45) is 11.8 Å². The second kappa shape index (κ2) is 8.57. The van der Waals surface area contributed by atoms with Crippen LogP contribution in [-0.2, 0) is 6.54 Å². The van der Waals surface area contributed by atoms with Gasteiger partial charge in [-0.1, -0.05) is 23.6 Å². The van der Waals surface area contributed by atoms with Crippen molar-refractivity contribution in [1.29, 1.82) is 0 Å². The summed E-state index contributed by atoms with van der Waals surface area (Å²) in [7, 11) is 0. The van der Waals surface area contributed by atoms with E-state index in [2.05, 4.69) is 37.4 Å². The first-order chi connectivity index (χ1) is 15.5. The molecule has 0 amide bonds. The molecule has 3 aromatic rings. The summed E-state index contributed by atoms with van der Waals surface area (Å²) in [5, 5.41) is 16.3. The first-order valence-corrected chi connectivity index (χ1v) is 11.3. The topological polar surface area (TPSA) is 94.1 Å². The average Bonchev–Trinajstić information content (AvgIpc) is 3.42. The summed E-state index contributed by atoms with van der Waals surface area (Å²) >= 11 is 5.88. The highest BCUT2D eigenvalue weighted by molar-refractivity contribution is 6.30. The summed E-state index contributed by atoms with van der Waals surface area (Å²) in [6.07, 6.45) is 3.12. The fourth-order valence-corrected chi connectivity index (χ4v) is 4.82. The molecule has 2 aliphatic rings. The molecule has 11 heteroatoms. The molecule has 0 radical (unpaired) electrons. The van der Waals surface area contributed by atoms with E-state index >= 15 is 0 Å².